The highest BCUT2D eigenvalue weighted by Gasteiger charge is 2.42. The van der Waals surface area contributed by atoms with Gasteiger partial charge in [0.15, 0.2) is 5.11 Å². The van der Waals surface area contributed by atoms with E-state index in [-0.39, 0.29) is 17.9 Å². The normalized spacial score (nSPS) is 18.1. The number of hydrogen-bond acceptors (Lipinski definition) is 3. The van der Waals surface area contributed by atoms with Crippen molar-refractivity contribution in [3.8, 4) is 5.69 Å². The second kappa shape index (κ2) is 8.16. The molecule has 5 rings (SSSR count). The van der Waals surface area contributed by atoms with E-state index in [0.717, 1.165) is 28.5 Å². The predicted molar refractivity (Wildman–Crippen MR) is 127 cm³/mol. The highest BCUT2D eigenvalue weighted by molar-refractivity contribution is 7.80. The Morgan fingerprint density at radius 1 is 0.969 bits per heavy atom. The molecule has 4 heterocycles. The van der Waals surface area contributed by atoms with Crippen LogP contribution < -0.4 is 10.2 Å². The third-order valence-corrected chi connectivity index (χ3v) is 6.15. The molecule has 1 aliphatic heterocycles. The van der Waals surface area contributed by atoms with Crippen molar-refractivity contribution in [3.05, 3.63) is 108 Å². The Bertz CT molecular complexity index is 1270. The number of aromatic nitrogens is 3. The summed E-state index contributed by atoms with van der Waals surface area (Å²) in [6.45, 7) is 3.83. The molecular formula is C25H22FN5S. The fraction of sp³-hybridized carbons (Fsp3) is 0.160. The van der Waals surface area contributed by atoms with Gasteiger partial charge in [-0.05, 0) is 86.2 Å². The Morgan fingerprint density at radius 3 is 2.56 bits per heavy atom. The Hall–Kier alpha value is -3.58. The summed E-state index contributed by atoms with van der Waals surface area (Å²) in [6, 6.07) is 18.7. The zero-order valence-electron chi connectivity index (χ0n) is 17.7. The van der Waals surface area contributed by atoms with Gasteiger partial charge in [0.1, 0.15) is 11.9 Å². The van der Waals surface area contributed by atoms with Crippen molar-refractivity contribution in [2.45, 2.75) is 25.9 Å². The lowest BCUT2D eigenvalue weighted by atomic mass is 10.0. The lowest BCUT2D eigenvalue weighted by Gasteiger charge is -2.29. The second-order valence-corrected chi connectivity index (χ2v) is 8.26. The first kappa shape index (κ1) is 20.3. The van der Waals surface area contributed by atoms with Crippen LogP contribution in [0.3, 0.4) is 0 Å². The van der Waals surface area contributed by atoms with Gasteiger partial charge in [-0.15, -0.1) is 0 Å². The third kappa shape index (κ3) is 3.44. The summed E-state index contributed by atoms with van der Waals surface area (Å²) in [6.07, 6.45) is 5.39. The van der Waals surface area contributed by atoms with Crippen molar-refractivity contribution in [3.63, 3.8) is 0 Å². The molecule has 0 aliphatic carbocycles. The smallest absolute Gasteiger partial charge is 0.174 e. The van der Waals surface area contributed by atoms with Gasteiger partial charge in [0.25, 0.3) is 0 Å². The van der Waals surface area contributed by atoms with Crippen LogP contribution in [0.5, 0.6) is 0 Å². The molecule has 0 radical (unpaired) electrons. The molecule has 4 aromatic rings. The lowest BCUT2D eigenvalue weighted by Crippen LogP contribution is -2.30. The summed E-state index contributed by atoms with van der Waals surface area (Å²) in [7, 11) is 0. The van der Waals surface area contributed by atoms with Gasteiger partial charge >= 0.3 is 0 Å². The standard InChI is InChI=1S/C25H22FN5S/c1-16-14-18(9-10-20(16)26)31-24(23(29-25(31)32)21-7-3-4-13-28-21)22-11-8-17(2)30(22)19-6-5-12-27-15-19/h3-15,23-24H,1-2H3,(H,29,32)/t23-,24+/m0/s1. The zero-order chi connectivity index (χ0) is 22.2. The number of nitrogens with one attached hydrogen (secondary N) is 1. The molecule has 32 heavy (non-hydrogen) atoms. The van der Waals surface area contributed by atoms with Gasteiger partial charge in [0, 0.05) is 29.5 Å². The van der Waals surface area contributed by atoms with Crippen LogP contribution in [0.25, 0.3) is 5.69 Å². The molecule has 1 fully saturated rings. The maximum Gasteiger partial charge on any atom is 0.174 e. The molecule has 0 amide bonds. The Kier molecular flexibility index (Phi) is 5.19. The largest absolute Gasteiger partial charge is 0.351 e. The van der Waals surface area contributed by atoms with Crippen LogP contribution in [0.1, 0.15) is 34.7 Å². The van der Waals surface area contributed by atoms with Crippen LogP contribution in [0, 0.1) is 19.7 Å². The number of pyridine rings is 2. The molecular weight excluding hydrogens is 421 g/mol. The lowest BCUT2D eigenvalue weighted by molar-refractivity contribution is 0.547. The van der Waals surface area contributed by atoms with Crippen molar-refractivity contribution in [1.82, 2.24) is 19.9 Å². The monoisotopic (exact) mass is 443 g/mol. The molecule has 7 heteroatoms. The van der Waals surface area contributed by atoms with Gasteiger partial charge in [0.2, 0.25) is 0 Å². The highest BCUT2D eigenvalue weighted by Crippen LogP contribution is 2.43. The summed E-state index contributed by atoms with van der Waals surface area (Å²) in [4.78, 5) is 11.0. The van der Waals surface area contributed by atoms with Gasteiger partial charge < -0.3 is 14.8 Å². The molecule has 1 aliphatic rings. The molecule has 0 unspecified atom stereocenters. The minimum absolute atomic E-state index is 0.182. The van der Waals surface area contributed by atoms with Gasteiger partial charge in [-0.25, -0.2) is 4.39 Å². The van der Waals surface area contributed by atoms with E-state index in [2.05, 4.69) is 43.8 Å². The average molecular weight is 444 g/mol. The van der Waals surface area contributed by atoms with E-state index in [4.69, 9.17) is 12.2 Å². The zero-order valence-corrected chi connectivity index (χ0v) is 18.6. The summed E-state index contributed by atoms with van der Waals surface area (Å²) in [5.74, 6) is -0.237. The van der Waals surface area contributed by atoms with Crippen molar-refractivity contribution >= 4 is 23.0 Å². The summed E-state index contributed by atoms with van der Waals surface area (Å²) in [5, 5.41) is 4.04. The fourth-order valence-electron chi connectivity index (χ4n) is 4.34. The molecule has 3 aromatic heterocycles. The van der Waals surface area contributed by atoms with E-state index in [1.807, 2.05) is 42.6 Å². The molecule has 160 valence electrons. The number of benzene rings is 1. The number of hydrogen-bond donors (Lipinski definition) is 1. The first-order chi connectivity index (χ1) is 15.5. The van der Waals surface area contributed by atoms with Crippen LogP contribution in [0.4, 0.5) is 10.1 Å². The van der Waals surface area contributed by atoms with Crippen LogP contribution in [0.2, 0.25) is 0 Å². The van der Waals surface area contributed by atoms with Crippen LogP contribution in [-0.4, -0.2) is 19.6 Å². The number of thiocarbonyl (C=S) groups is 1. The molecule has 0 saturated carbocycles. The van der Waals surface area contributed by atoms with E-state index >= 15 is 0 Å². The second-order valence-electron chi connectivity index (χ2n) is 7.88. The Morgan fingerprint density at radius 2 is 1.84 bits per heavy atom. The highest BCUT2D eigenvalue weighted by atomic mass is 32.1. The van der Waals surface area contributed by atoms with Gasteiger partial charge in [-0.2, -0.15) is 0 Å². The number of halogens is 1. The summed E-state index contributed by atoms with van der Waals surface area (Å²) >= 11 is 5.79. The van der Waals surface area contributed by atoms with E-state index in [1.54, 1.807) is 25.4 Å². The predicted octanol–water partition coefficient (Wildman–Crippen LogP) is 5.20. The first-order valence-corrected chi connectivity index (χ1v) is 10.8. The topological polar surface area (TPSA) is 46.0 Å². The Balaban J connectivity index is 1.71. The molecule has 2 atom stereocenters. The van der Waals surface area contributed by atoms with Crippen molar-refractivity contribution in [1.29, 1.82) is 0 Å². The van der Waals surface area contributed by atoms with Crippen LogP contribution in [0.15, 0.2) is 79.3 Å². The molecule has 5 nitrogen and oxygen atoms in total. The molecule has 1 saturated heterocycles. The number of anilines is 1. The SMILES string of the molecule is Cc1cc(N2C(=S)N[C@@H](c3ccccn3)[C@H]2c2ccc(C)n2-c2cccnc2)ccc1F. The van der Waals surface area contributed by atoms with Crippen LogP contribution in [-0.2, 0) is 0 Å². The molecule has 1 aromatic carbocycles. The fourth-order valence-corrected chi connectivity index (χ4v) is 4.69. The van der Waals surface area contributed by atoms with Gasteiger partial charge in [-0.1, -0.05) is 6.07 Å². The van der Waals surface area contributed by atoms with Gasteiger partial charge in [0.05, 0.1) is 23.6 Å². The minimum atomic E-state index is -0.237. The number of nitrogens with zero attached hydrogens (tertiary/aromatic N) is 4. The van der Waals surface area contributed by atoms with E-state index < -0.39 is 0 Å². The van der Waals surface area contributed by atoms with Crippen molar-refractivity contribution < 1.29 is 4.39 Å². The maximum atomic E-state index is 14.0. The quantitative estimate of drug-likeness (QED) is 0.439. The number of aryl methyl sites for hydroxylation is 2. The first-order valence-electron chi connectivity index (χ1n) is 10.4. The molecule has 0 spiro atoms. The van der Waals surface area contributed by atoms with Gasteiger partial charge in [-0.3, -0.25) is 9.97 Å². The number of rotatable bonds is 4. The molecule has 1 N–H and O–H groups in total. The van der Waals surface area contributed by atoms with E-state index in [1.165, 1.54) is 6.07 Å². The maximum absolute atomic E-state index is 14.0. The average Bonchev–Trinajstić information content (AvgIpc) is 3.36. The van der Waals surface area contributed by atoms with E-state index in [9.17, 15) is 4.39 Å². The third-order valence-electron chi connectivity index (χ3n) is 5.83. The Labute approximate surface area is 191 Å². The van der Waals surface area contributed by atoms with Crippen LogP contribution >= 0.6 is 12.2 Å². The minimum Gasteiger partial charge on any atom is -0.351 e. The summed E-state index contributed by atoms with van der Waals surface area (Å²) in [5.41, 5.74) is 5.39. The van der Waals surface area contributed by atoms with Crippen molar-refractivity contribution in [2.24, 2.45) is 0 Å². The summed E-state index contributed by atoms with van der Waals surface area (Å²) < 4.78 is 16.2. The molecule has 0 bridgehead atoms. The van der Waals surface area contributed by atoms with Crippen molar-refractivity contribution in [2.75, 3.05) is 4.90 Å². The van der Waals surface area contributed by atoms with E-state index in [0.29, 0.717) is 10.7 Å².